The van der Waals surface area contributed by atoms with E-state index in [2.05, 4.69) is 11.6 Å². The van der Waals surface area contributed by atoms with Gasteiger partial charge in [-0.2, -0.15) is 22.0 Å². The van der Waals surface area contributed by atoms with Crippen LogP contribution in [-0.2, 0) is 0 Å². The Balaban J connectivity index is 4.49. The summed E-state index contributed by atoms with van der Waals surface area (Å²) >= 11 is 3.91. The normalized spacial score (nSPS) is 15.4. The van der Waals surface area contributed by atoms with E-state index in [1.807, 2.05) is 0 Å². The van der Waals surface area contributed by atoms with Crippen LogP contribution in [0.5, 0.6) is 0 Å². The van der Waals surface area contributed by atoms with Crippen LogP contribution in [0.25, 0.3) is 0 Å². The number of allylic oxidation sites excluding steroid dienone is 2. The second-order valence-electron chi connectivity index (χ2n) is 1.53. The first kappa shape index (κ1) is 10.6. The van der Waals surface area contributed by atoms with Gasteiger partial charge in [0.25, 0.3) is 0 Å². The van der Waals surface area contributed by atoms with Gasteiger partial charge in [0, 0.05) is 0 Å². The first-order valence-electron chi connectivity index (χ1n) is 2.15. The van der Waals surface area contributed by atoms with E-state index in [0.29, 0.717) is 0 Å². The standard InChI is InChI=1S/C4HClF6/c5-4(10,11)2(6)1-3(7,8)9/h1H. The van der Waals surface area contributed by atoms with Gasteiger partial charge in [0.2, 0.25) is 0 Å². The van der Waals surface area contributed by atoms with Gasteiger partial charge in [-0.25, -0.2) is 4.39 Å². The van der Waals surface area contributed by atoms with Crippen LogP contribution >= 0.6 is 11.6 Å². The first-order chi connectivity index (χ1) is 4.63. The first-order valence-corrected chi connectivity index (χ1v) is 2.53. The SMILES string of the molecule is FC(=CC(F)(F)F)C(F)(F)Cl. The van der Waals surface area contributed by atoms with Gasteiger partial charge < -0.3 is 0 Å². The topological polar surface area (TPSA) is 0 Å². The molecule has 0 aliphatic carbocycles. The van der Waals surface area contributed by atoms with Gasteiger partial charge in [-0.15, -0.1) is 0 Å². The quantitative estimate of drug-likeness (QED) is 0.448. The highest BCUT2D eigenvalue weighted by Gasteiger charge is 2.37. The van der Waals surface area contributed by atoms with Gasteiger partial charge in [0.05, 0.1) is 6.08 Å². The van der Waals surface area contributed by atoms with Crippen molar-refractivity contribution in [3.8, 4) is 0 Å². The molecule has 0 bridgehead atoms. The lowest BCUT2D eigenvalue weighted by atomic mass is 10.4. The Morgan fingerprint density at radius 2 is 1.45 bits per heavy atom. The van der Waals surface area contributed by atoms with Gasteiger partial charge in [0.15, 0.2) is 5.83 Å². The smallest absolute Gasteiger partial charge is 0.204 e. The minimum Gasteiger partial charge on any atom is -0.204 e. The van der Waals surface area contributed by atoms with E-state index in [1.165, 1.54) is 0 Å². The summed E-state index contributed by atoms with van der Waals surface area (Å²) in [6.07, 6.45) is -6.32. The van der Waals surface area contributed by atoms with Crippen LogP contribution in [0.15, 0.2) is 11.9 Å². The molecule has 11 heavy (non-hydrogen) atoms. The van der Waals surface area contributed by atoms with Crippen molar-refractivity contribution in [3.05, 3.63) is 11.9 Å². The molecule has 0 saturated heterocycles. The molecule has 0 spiro atoms. The molecule has 0 aromatic heterocycles. The number of alkyl halides is 6. The Morgan fingerprint density at radius 1 is 1.09 bits per heavy atom. The van der Waals surface area contributed by atoms with Crippen LogP contribution in [-0.4, -0.2) is 11.6 Å². The van der Waals surface area contributed by atoms with Gasteiger partial charge >= 0.3 is 11.6 Å². The van der Waals surface area contributed by atoms with Crippen LogP contribution in [0.2, 0.25) is 0 Å². The Kier molecular flexibility index (Phi) is 2.82. The van der Waals surface area contributed by atoms with Crippen molar-refractivity contribution in [3.63, 3.8) is 0 Å². The third-order valence-corrected chi connectivity index (χ3v) is 0.742. The molecule has 0 fully saturated rings. The largest absolute Gasteiger partial charge is 0.412 e. The molecule has 0 amide bonds. The third-order valence-electron chi connectivity index (χ3n) is 0.561. The van der Waals surface area contributed by atoms with Gasteiger partial charge in [-0.05, 0) is 11.6 Å². The van der Waals surface area contributed by atoms with Crippen molar-refractivity contribution >= 4 is 11.6 Å². The highest BCUT2D eigenvalue weighted by atomic mass is 35.5. The van der Waals surface area contributed by atoms with Gasteiger partial charge in [-0.3, -0.25) is 0 Å². The average molecular weight is 198 g/mol. The Bertz CT molecular complexity index is 162. The molecule has 0 heterocycles. The molecule has 0 aliphatic rings. The third kappa shape index (κ3) is 4.94. The van der Waals surface area contributed by atoms with Crippen LogP contribution < -0.4 is 0 Å². The van der Waals surface area contributed by atoms with Crippen molar-refractivity contribution in [1.82, 2.24) is 0 Å². The molecule has 66 valence electrons. The molecule has 0 aliphatic heterocycles. The van der Waals surface area contributed by atoms with Crippen LogP contribution in [0, 0.1) is 0 Å². The summed E-state index contributed by atoms with van der Waals surface area (Å²) < 4.78 is 68.0. The Hall–Kier alpha value is -0.390. The molecule has 0 saturated carbocycles. The molecule has 0 aromatic carbocycles. The molecular weight excluding hydrogens is 197 g/mol. The minimum absolute atomic E-state index is 1.19. The number of hydrogen-bond donors (Lipinski definition) is 0. The molecule has 0 unspecified atom stereocenters. The van der Waals surface area contributed by atoms with Crippen molar-refractivity contribution in [2.24, 2.45) is 0 Å². The van der Waals surface area contributed by atoms with Crippen molar-refractivity contribution in [2.45, 2.75) is 11.6 Å². The lowest BCUT2D eigenvalue weighted by Crippen LogP contribution is -2.11. The van der Waals surface area contributed by atoms with Crippen LogP contribution in [0.3, 0.4) is 0 Å². The zero-order chi connectivity index (χ0) is 9.28. The maximum absolute atomic E-state index is 11.7. The number of halogens is 7. The fraction of sp³-hybridized carbons (Fsp3) is 0.500. The van der Waals surface area contributed by atoms with E-state index in [4.69, 9.17) is 0 Å². The maximum atomic E-state index is 11.7. The Labute approximate surface area is 62.4 Å². The van der Waals surface area contributed by atoms with Crippen LogP contribution in [0.4, 0.5) is 26.3 Å². The molecule has 0 radical (unpaired) electrons. The fourth-order valence-electron chi connectivity index (χ4n) is 0.226. The predicted octanol–water partition coefficient (Wildman–Crippen LogP) is 3.23. The summed E-state index contributed by atoms with van der Waals surface area (Å²) in [5.41, 5.74) is 0. The van der Waals surface area contributed by atoms with E-state index in [1.54, 1.807) is 0 Å². The monoisotopic (exact) mass is 198 g/mol. The molecule has 0 nitrogen and oxygen atoms in total. The maximum Gasteiger partial charge on any atom is 0.412 e. The molecule has 0 aromatic rings. The van der Waals surface area contributed by atoms with Crippen molar-refractivity contribution < 1.29 is 26.3 Å². The molecule has 0 rings (SSSR count). The zero-order valence-corrected chi connectivity index (χ0v) is 5.48. The number of hydrogen-bond acceptors (Lipinski definition) is 0. The van der Waals surface area contributed by atoms with Gasteiger partial charge in [0.1, 0.15) is 0 Å². The summed E-state index contributed by atoms with van der Waals surface area (Å²) in [6.45, 7) is 0. The molecule has 7 heteroatoms. The highest BCUT2D eigenvalue weighted by Crippen LogP contribution is 2.32. The predicted molar refractivity (Wildman–Crippen MR) is 26.0 cm³/mol. The lowest BCUT2D eigenvalue weighted by Gasteiger charge is -2.05. The van der Waals surface area contributed by atoms with E-state index in [9.17, 15) is 26.3 Å². The molecule has 0 atom stereocenters. The van der Waals surface area contributed by atoms with E-state index in [-0.39, 0.29) is 0 Å². The minimum atomic E-state index is -5.12. The van der Waals surface area contributed by atoms with E-state index < -0.39 is 23.5 Å². The highest BCUT2D eigenvalue weighted by molar-refractivity contribution is 6.23. The lowest BCUT2D eigenvalue weighted by molar-refractivity contribution is -0.0836. The number of rotatable bonds is 1. The average Bonchev–Trinajstić information content (AvgIpc) is 1.56. The van der Waals surface area contributed by atoms with Crippen molar-refractivity contribution in [2.75, 3.05) is 0 Å². The summed E-state index contributed by atoms with van der Waals surface area (Å²) in [7, 11) is 0. The second-order valence-corrected chi connectivity index (χ2v) is 2.01. The van der Waals surface area contributed by atoms with Gasteiger partial charge in [-0.1, -0.05) is 0 Å². The summed E-state index contributed by atoms with van der Waals surface area (Å²) in [4.78, 5) is 0. The fourth-order valence-corrected chi connectivity index (χ4v) is 0.280. The second kappa shape index (κ2) is 2.92. The van der Waals surface area contributed by atoms with E-state index in [0.717, 1.165) is 0 Å². The summed E-state index contributed by atoms with van der Waals surface area (Å²) in [5.74, 6) is -2.72. The Morgan fingerprint density at radius 3 is 1.55 bits per heavy atom. The summed E-state index contributed by atoms with van der Waals surface area (Å²) in [5, 5.41) is -4.59. The molecule has 0 N–H and O–H groups in total. The summed E-state index contributed by atoms with van der Waals surface area (Å²) in [6, 6.07) is 0. The zero-order valence-electron chi connectivity index (χ0n) is 4.72. The van der Waals surface area contributed by atoms with E-state index >= 15 is 0 Å². The molecular formula is C4HClF6. The van der Waals surface area contributed by atoms with Crippen LogP contribution in [0.1, 0.15) is 0 Å². The van der Waals surface area contributed by atoms with Crippen molar-refractivity contribution in [1.29, 1.82) is 0 Å².